The SMILES string of the molecule is Cc1cc(F)ccc1COc1ccc(F)cc1Br. The van der Waals surface area contributed by atoms with Crippen molar-refractivity contribution >= 4 is 15.9 Å². The van der Waals surface area contributed by atoms with Crippen LogP contribution in [0.15, 0.2) is 40.9 Å². The molecule has 2 aromatic rings. The molecule has 0 aliphatic carbocycles. The fourth-order valence-electron chi connectivity index (χ4n) is 1.57. The lowest BCUT2D eigenvalue weighted by molar-refractivity contribution is 0.302. The van der Waals surface area contributed by atoms with Gasteiger partial charge in [0.1, 0.15) is 24.0 Å². The largest absolute Gasteiger partial charge is 0.488 e. The topological polar surface area (TPSA) is 9.23 Å². The molecule has 0 amide bonds. The van der Waals surface area contributed by atoms with Gasteiger partial charge in [0.05, 0.1) is 4.47 Å². The van der Waals surface area contributed by atoms with Gasteiger partial charge < -0.3 is 4.74 Å². The zero-order valence-electron chi connectivity index (χ0n) is 9.71. The lowest BCUT2D eigenvalue weighted by Gasteiger charge is -2.10. The summed E-state index contributed by atoms with van der Waals surface area (Å²) in [5.74, 6) is -0.0356. The second-order valence-electron chi connectivity index (χ2n) is 3.93. The maximum Gasteiger partial charge on any atom is 0.134 e. The van der Waals surface area contributed by atoms with E-state index in [4.69, 9.17) is 4.74 Å². The van der Waals surface area contributed by atoms with Crippen molar-refractivity contribution in [3.05, 3.63) is 63.6 Å². The molecule has 0 atom stereocenters. The number of rotatable bonds is 3. The fraction of sp³-hybridized carbons (Fsp3) is 0.143. The summed E-state index contributed by atoms with van der Waals surface area (Å²) in [5, 5.41) is 0. The van der Waals surface area contributed by atoms with Gasteiger partial charge in [-0.05, 0) is 64.3 Å². The molecule has 18 heavy (non-hydrogen) atoms. The summed E-state index contributed by atoms with van der Waals surface area (Å²) < 4.78 is 31.9. The van der Waals surface area contributed by atoms with Gasteiger partial charge in [0.25, 0.3) is 0 Å². The summed E-state index contributed by atoms with van der Waals surface area (Å²) in [4.78, 5) is 0. The van der Waals surface area contributed by atoms with Gasteiger partial charge in [-0.15, -0.1) is 0 Å². The molecule has 0 aliphatic rings. The van der Waals surface area contributed by atoms with Gasteiger partial charge in [-0.2, -0.15) is 0 Å². The zero-order valence-corrected chi connectivity index (χ0v) is 11.3. The van der Waals surface area contributed by atoms with Crippen LogP contribution < -0.4 is 4.74 Å². The Labute approximate surface area is 113 Å². The van der Waals surface area contributed by atoms with Crippen LogP contribution in [0.5, 0.6) is 5.75 Å². The van der Waals surface area contributed by atoms with Gasteiger partial charge in [-0.3, -0.25) is 0 Å². The molecule has 4 heteroatoms. The smallest absolute Gasteiger partial charge is 0.134 e. The highest BCUT2D eigenvalue weighted by atomic mass is 79.9. The molecule has 0 fully saturated rings. The van der Waals surface area contributed by atoms with Crippen LogP contribution in [0.2, 0.25) is 0 Å². The van der Waals surface area contributed by atoms with E-state index in [9.17, 15) is 8.78 Å². The van der Waals surface area contributed by atoms with E-state index in [0.717, 1.165) is 11.1 Å². The lowest BCUT2D eigenvalue weighted by atomic mass is 10.1. The molecule has 0 N–H and O–H groups in total. The highest BCUT2D eigenvalue weighted by Crippen LogP contribution is 2.26. The van der Waals surface area contributed by atoms with E-state index in [0.29, 0.717) is 16.8 Å². The first kappa shape index (κ1) is 13.0. The number of aryl methyl sites for hydroxylation is 1. The Kier molecular flexibility index (Phi) is 3.97. The van der Waals surface area contributed by atoms with Crippen molar-refractivity contribution in [2.75, 3.05) is 0 Å². The van der Waals surface area contributed by atoms with Crippen molar-refractivity contribution in [2.45, 2.75) is 13.5 Å². The molecule has 0 bridgehead atoms. The maximum atomic E-state index is 12.9. The number of benzene rings is 2. The van der Waals surface area contributed by atoms with Crippen LogP contribution in [0.4, 0.5) is 8.78 Å². The molecule has 0 radical (unpaired) electrons. The zero-order chi connectivity index (χ0) is 13.1. The molecule has 0 unspecified atom stereocenters. The monoisotopic (exact) mass is 312 g/mol. The first-order valence-electron chi connectivity index (χ1n) is 5.39. The number of halogens is 3. The molecule has 1 nitrogen and oxygen atoms in total. The summed E-state index contributed by atoms with van der Waals surface area (Å²) in [5.41, 5.74) is 1.72. The van der Waals surface area contributed by atoms with Crippen LogP contribution in [0.3, 0.4) is 0 Å². The normalized spacial score (nSPS) is 10.4. The van der Waals surface area contributed by atoms with E-state index < -0.39 is 0 Å². The standard InChI is InChI=1S/C14H11BrF2O/c1-9-6-11(16)3-2-10(9)8-18-14-5-4-12(17)7-13(14)15/h2-7H,8H2,1H3. The van der Waals surface area contributed by atoms with Crippen molar-refractivity contribution in [2.24, 2.45) is 0 Å². The van der Waals surface area contributed by atoms with Gasteiger partial charge in [-0.25, -0.2) is 8.78 Å². The summed E-state index contributed by atoms with van der Waals surface area (Å²) in [6.45, 7) is 2.14. The molecular formula is C14H11BrF2O. The van der Waals surface area contributed by atoms with Gasteiger partial charge >= 0.3 is 0 Å². The average Bonchev–Trinajstić information content (AvgIpc) is 2.30. The van der Waals surface area contributed by atoms with Crippen LogP contribution >= 0.6 is 15.9 Å². The van der Waals surface area contributed by atoms with E-state index >= 15 is 0 Å². The molecule has 0 heterocycles. The first-order chi connectivity index (χ1) is 8.56. The second-order valence-corrected chi connectivity index (χ2v) is 4.79. The van der Waals surface area contributed by atoms with Crippen LogP contribution in [0, 0.1) is 18.6 Å². The second kappa shape index (κ2) is 5.48. The van der Waals surface area contributed by atoms with Crippen molar-refractivity contribution in [3.8, 4) is 5.75 Å². The van der Waals surface area contributed by atoms with Crippen LogP contribution in [0.25, 0.3) is 0 Å². The molecular weight excluding hydrogens is 302 g/mol. The first-order valence-corrected chi connectivity index (χ1v) is 6.18. The Morgan fingerprint density at radius 3 is 2.39 bits per heavy atom. The number of ether oxygens (including phenoxy) is 1. The summed E-state index contributed by atoms with van der Waals surface area (Å²) in [6.07, 6.45) is 0. The van der Waals surface area contributed by atoms with Crippen molar-refractivity contribution < 1.29 is 13.5 Å². The Hall–Kier alpha value is -1.42. The van der Waals surface area contributed by atoms with E-state index in [2.05, 4.69) is 15.9 Å². The molecule has 0 aromatic heterocycles. The average molecular weight is 313 g/mol. The minimum Gasteiger partial charge on any atom is -0.488 e. The summed E-state index contributed by atoms with van der Waals surface area (Å²) in [6, 6.07) is 8.76. The third kappa shape index (κ3) is 3.07. The van der Waals surface area contributed by atoms with E-state index in [1.165, 1.54) is 24.3 Å². The molecule has 0 spiro atoms. The number of hydrogen-bond acceptors (Lipinski definition) is 1. The molecule has 0 saturated carbocycles. The fourth-order valence-corrected chi connectivity index (χ4v) is 2.03. The van der Waals surface area contributed by atoms with Gasteiger partial charge in [0.15, 0.2) is 0 Å². The van der Waals surface area contributed by atoms with E-state index in [1.54, 1.807) is 12.1 Å². The van der Waals surface area contributed by atoms with Crippen LogP contribution in [-0.2, 0) is 6.61 Å². The Balaban J connectivity index is 2.11. The highest BCUT2D eigenvalue weighted by Gasteiger charge is 2.05. The summed E-state index contributed by atoms with van der Waals surface area (Å²) in [7, 11) is 0. The third-order valence-electron chi connectivity index (χ3n) is 2.58. The quantitative estimate of drug-likeness (QED) is 0.804. The summed E-state index contributed by atoms with van der Waals surface area (Å²) >= 11 is 3.23. The highest BCUT2D eigenvalue weighted by molar-refractivity contribution is 9.10. The van der Waals surface area contributed by atoms with Crippen molar-refractivity contribution in [1.82, 2.24) is 0 Å². The molecule has 0 saturated heterocycles. The van der Waals surface area contributed by atoms with Gasteiger partial charge in [0.2, 0.25) is 0 Å². The predicted octanol–water partition coefficient (Wildman–Crippen LogP) is 4.61. The molecule has 0 aliphatic heterocycles. The van der Waals surface area contributed by atoms with Crippen LogP contribution in [0.1, 0.15) is 11.1 Å². The molecule has 2 rings (SSSR count). The predicted molar refractivity (Wildman–Crippen MR) is 69.6 cm³/mol. The molecule has 94 valence electrons. The van der Waals surface area contributed by atoms with Gasteiger partial charge in [-0.1, -0.05) is 6.07 Å². The minimum atomic E-state index is -0.327. The van der Waals surface area contributed by atoms with Crippen molar-refractivity contribution in [3.63, 3.8) is 0 Å². The third-order valence-corrected chi connectivity index (χ3v) is 3.20. The maximum absolute atomic E-state index is 12.9. The van der Waals surface area contributed by atoms with E-state index in [1.807, 2.05) is 6.92 Å². The van der Waals surface area contributed by atoms with Crippen LogP contribution in [-0.4, -0.2) is 0 Å². The number of hydrogen-bond donors (Lipinski definition) is 0. The Morgan fingerprint density at radius 2 is 1.72 bits per heavy atom. The van der Waals surface area contributed by atoms with E-state index in [-0.39, 0.29) is 11.6 Å². The van der Waals surface area contributed by atoms with Gasteiger partial charge in [0, 0.05) is 0 Å². The van der Waals surface area contributed by atoms with Crippen molar-refractivity contribution in [1.29, 1.82) is 0 Å². The minimum absolute atomic E-state index is 0.265. The molecule has 2 aromatic carbocycles. The Bertz CT molecular complexity index is 518. The Morgan fingerprint density at radius 1 is 1.06 bits per heavy atom. The lowest BCUT2D eigenvalue weighted by Crippen LogP contribution is -1.99.